The van der Waals surface area contributed by atoms with Gasteiger partial charge in [-0.05, 0) is 12.5 Å². The van der Waals surface area contributed by atoms with Gasteiger partial charge in [0.1, 0.15) is 0 Å². The van der Waals surface area contributed by atoms with Crippen LogP contribution in [0.3, 0.4) is 0 Å². The maximum Gasteiger partial charge on any atom is 0.222 e. The Hall–Kier alpha value is -2.00. The maximum atomic E-state index is 9.53. The lowest BCUT2D eigenvalue weighted by molar-refractivity contribution is 0.0321. The van der Waals surface area contributed by atoms with Crippen molar-refractivity contribution >= 4 is 21.4 Å². The first-order chi connectivity index (χ1) is 12.3. The maximum absolute atomic E-state index is 9.53. The molecule has 2 aromatic heterocycles. The lowest BCUT2D eigenvalue weighted by atomic mass is 10.1. The zero-order valence-corrected chi connectivity index (χ0v) is 14.9. The predicted molar refractivity (Wildman–Crippen MR) is 97.6 cm³/mol. The Morgan fingerprint density at radius 2 is 2.08 bits per heavy atom. The monoisotopic (exact) mass is 359 g/mol. The van der Waals surface area contributed by atoms with Gasteiger partial charge in [0.05, 0.1) is 31.7 Å². The Labute approximate surface area is 150 Å². The van der Waals surface area contributed by atoms with Gasteiger partial charge in [-0.15, -0.1) is 5.10 Å². The molecule has 1 aliphatic rings. The third-order valence-corrected chi connectivity index (χ3v) is 5.28. The number of benzene rings is 1. The van der Waals surface area contributed by atoms with Crippen molar-refractivity contribution in [1.29, 1.82) is 0 Å². The number of rotatable bonds is 5. The summed E-state index contributed by atoms with van der Waals surface area (Å²) >= 11 is 1.57. The molecule has 4 rings (SSSR count). The van der Waals surface area contributed by atoms with Crippen LogP contribution in [-0.2, 0) is 11.3 Å². The third-order valence-electron chi connectivity index (χ3n) is 4.35. The Bertz CT molecular complexity index is 824. The molecule has 1 N–H and O–H groups in total. The minimum Gasteiger partial charge on any atom is -0.392 e. The highest BCUT2D eigenvalue weighted by Crippen LogP contribution is 2.29. The normalized spacial score (nSPS) is 15.8. The van der Waals surface area contributed by atoms with Gasteiger partial charge in [0.15, 0.2) is 0 Å². The van der Waals surface area contributed by atoms with E-state index in [2.05, 4.69) is 16.9 Å². The van der Waals surface area contributed by atoms with E-state index in [-0.39, 0.29) is 6.61 Å². The summed E-state index contributed by atoms with van der Waals surface area (Å²) in [6, 6.07) is 7.77. The van der Waals surface area contributed by atoms with E-state index in [0.29, 0.717) is 0 Å². The van der Waals surface area contributed by atoms with Crippen molar-refractivity contribution in [3.8, 4) is 11.3 Å². The second-order valence-corrected chi connectivity index (χ2v) is 6.77. The van der Waals surface area contributed by atoms with Crippen LogP contribution in [0.4, 0.5) is 5.13 Å². The summed E-state index contributed by atoms with van der Waals surface area (Å²) in [5, 5.41) is 19.7. The van der Waals surface area contributed by atoms with Gasteiger partial charge in [0, 0.05) is 25.2 Å². The van der Waals surface area contributed by atoms with Crippen molar-refractivity contribution in [1.82, 2.24) is 19.6 Å². The summed E-state index contributed by atoms with van der Waals surface area (Å²) in [7, 11) is 0. The molecule has 0 aliphatic carbocycles. The first-order valence-electron chi connectivity index (χ1n) is 8.45. The Morgan fingerprint density at radius 1 is 1.28 bits per heavy atom. The first kappa shape index (κ1) is 16.5. The number of aliphatic hydroxyl groups excluding tert-OH is 1. The smallest absolute Gasteiger partial charge is 0.222 e. The minimum absolute atomic E-state index is 0.000666. The molecule has 0 saturated carbocycles. The predicted octanol–water partition coefficient (Wildman–Crippen LogP) is 2.02. The van der Waals surface area contributed by atoms with Crippen LogP contribution in [-0.4, -0.2) is 57.6 Å². The molecule has 0 atom stereocenters. The molecule has 0 unspecified atom stereocenters. The molecule has 25 heavy (non-hydrogen) atoms. The fourth-order valence-corrected chi connectivity index (χ4v) is 4.06. The summed E-state index contributed by atoms with van der Waals surface area (Å²) in [5.74, 6) is 0. The first-order valence-corrected chi connectivity index (χ1v) is 9.27. The van der Waals surface area contributed by atoms with Crippen LogP contribution in [0.1, 0.15) is 12.5 Å². The number of nitrogens with zero attached hydrogens (tertiary/aromatic N) is 5. The van der Waals surface area contributed by atoms with Crippen molar-refractivity contribution in [2.75, 3.05) is 37.9 Å². The summed E-state index contributed by atoms with van der Waals surface area (Å²) in [5.41, 5.74) is 2.66. The van der Waals surface area contributed by atoms with E-state index in [1.807, 2.05) is 35.0 Å². The number of morpholine rings is 1. The van der Waals surface area contributed by atoms with E-state index in [4.69, 9.17) is 14.8 Å². The number of imidazole rings is 1. The molecule has 0 amide bonds. The number of ether oxygens (including phenoxy) is 1. The van der Waals surface area contributed by atoms with Gasteiger partial charge in [-0.1, -0.05) is 35.6 Å². The van der Waals surface area contributed by atoms with E-state index in [1.54, 1.807) is 11.3 Å². The van der Waals surface area contributed by atoms with Crippen LogP contribution in [0.2, 0.25) is 0 Å². The number of aromatic nitrogens is 3. The molecule has 3 heterocycles. The second-order valence-electron chi connectivity index (χ2n) is 5.83. The molecule has 7 nitrogen and oxygen atoms in total. The number of aliphatic hydroxyl groups is 1. The van der Waals surface area contributed by atoms with Gasteiger partial charge in [-0.3, -0.25) is 5.01 Å². The van der Waals surface area contributed by atoms with Gasteiger partial charge < -0.3 is 9.84 Å². The van der Waals surface area contributed by atoms with Gasteiger partial charge >= 0.3 is 0 Å². The Morgan fingerprint density at radius 3 is 2.80 bits per heavy atom. The minimum atomic E-state index is 0.000666. The SMILES string of the molecule is CCN(c1nn2cc(-c3ccccc3CO)nc2s1)N1CCOCC1. The summed E-state index contributed by atoms with van der Waals surface area (Å²) in [6.07, 6.45) is 1.93. The summed E-state index contributed by atoms with van der Waals surface area (Å²) in [6.45, 7) is 6.25. The molecular weight excluding hydrogens is 338 g/mol. The third kappa shape index (κ3) is 3.13. The van der Waals surface area contributed by atoms with Gasteiger partial charge in [-0.25, -0.2) is 14.5 Å². The lowest BCUT2D eigenvalue weighted by Gasteiger charge is -2.36. The molecule has 132 valence electrons. The molecule has 1 aliphatic heterocycles. The Balaban J connectivity index is 1.64. The highest BCUT2D eigenvalue weighted by atomic mass is 32.1. The van der Waals surface area contributed by atoms with Crippen LogP contribution >= 0.6 is 11.3 Å². The van der Waals surface area contributed by atoms with Crippen molar-refractivity contribution in [3.05, 3.63) is 36.0 Å². The standard InChI is InChI=1S/C17H21N5O2S/c1-2-22(20-7-9-24-10-8-20)17-19-21-11-15(18-16(21)25-17)14-6-4-3-5-13(14)12-23/h3-6,11,23H,2,7-10,12H2,1H3. The van der Waals surface area contributed by atoms with Crippen LogP contribution < -0.4 is 5.01 Å². The van der Waals surface area contributed by atoms with Crippen LogP contribution in [0.25, 0.3) is 16.2 Å². The van der Waals surface area contributed by atoms with Crippen molar-refractivity contribution in [2.45, 2.75) is 13.5 Å². The average Bonchev–Trinajstić information content (AvgIpc) is 3.22. The molecule has 3 aromatic rings. The lowest BCUT2D eigenvalue weighted by Crippen LogP contribution is -2.49. The van der Waals surface area contributed by atoms with E-state index < -0.39 is 0 Å². The number of anilines is 1. The fraction of sp³-hybridized carbons (Fsp3) is 0.412. The highest BCUT2D eigenvalue weighted by molar-refractivity contribution is 7.20. The molecule has 1 aromatic carbocycles. The topological polar surface area (TPSA) is 66.1 Å². The molecule has 0 radical (unpaired) electrons. The molecule has 1 saturated heterocycles. The van der Waals surface area contributed by atoms with Gasteiger partial charge in [0.25, 0.3) is 0 Å². The average molecular weight is 359 g/mol. The van der Waals surface area contributed by atoms with E-state index in [1.165, 1.54) is 0 Å². The van der Waals surface area contributed by atoms with E-state index >= 15 is 0 Å². The highest BCUT2D eigenvalue weighted by Gasteiger charge is 2.22. The quantitative estimate of drug-likeness (QED) is 0.752. The molecule has 0 bridgehead atoms. The number of hydrogen-bond donors (Lipinski definition) is 1. The van der Waals surface area contributed by atoms with Gasteiger partial charge in [-0.2, -0.15) is 0 Å². The molecule has 0 spiro atoms. The zero-order valence-electron chi connectivity index (χ0n) is 14.1. The molecular formula is C17H21N5O2S. The number of hydrogen-bond acceptors (Lipinski definition) is 7. The van der Waals surface area contributed by atoms with Crippen molar-refractivity contribution in [2.24, 2.45) is 0 Å². The van der Waals surface area contributed by atoms with Crippen LogP contribution in [0.5, 0.6) is 0 Å². The summed E-state index contributed by atoms with van der Waals surface area (Å²) in [4.78, 5) is 5.56. The van der Waals surface area contributed by atoms with E-state index in [0.717, 1.165) is 59.8 Å². The molecule has 8 heteroatoms. The van der Waals surface area contributed by atoms with Crippen molar-refractivity contribution in [3.63, 3.8) is 0 Å². The van der Waals surface area contributed by atoms with E-state index in [9.17, 15) is 5.11 Å². The van der Waals surface area contributed by atoms with Crippen molar-refractivity contribution < 1.29 is 9.84 Å². The summed E-state index contributed by atoms with van der Waals surface area (Å²) < 4.78 is 7.26. The largest absolute Gasteiger partial charge is 0.392 e. The molecule has 1 fully saturated rings. The Kier molecular flexibility index (Phi) is 4.67. The fourth-order valence-electron chi connectivity index (χ4n) is 3.08. The van der Waals surface area contributed by atoms with Crippen LogP contribution in [0.15, 0.2) is 30.5 Å². The zero-order chi connectivity index (χ0) is 17.2. The second kappa shape index (κ2) is 7.09. The number of hydrazine groups is 1. The van der Waals surface area contributed by atoms with Gasteiger partial charge in [0.2, 0.25) is 10.1 Å². The van der Waals surface area contributed by atoms with Crippen LogP contribution in [0, 0.1) is 0 Å². The number of fused-ring (bicyclic) bond motifs is 1.